The van der Waals surface area contributed by atoms with Gasteiger partial charge in [-0.1, -0.05) is 91.0 Å². The predicted molar refractivity (Wildman–Crippen MR) is 160 cm³/mol. The summed E-state index contributed by atoms with van der Waals surface area (Å²) < 4.78 is 23.8. The molecule has 41 heavy (non-hydrogen) atoms. The van der Waals surface area contributed by atoms with Crippen molar-refractivity contribution in [3.63, 3.8) is 0 Å². The van der Waals surface area contributed by atoms with Gasteiger partial charge in [-0.15, -0.1) is 0 Å². The summed E-state index contributed by atoms with van der Waals surface area (Å²) in [5.74, 6) is 1.53. The summed E-state index contributed by atoms with van der Waals surface area (Å²) in [6, 6.07) is 30.8. The van der Waals surface area contributed by atoms with Crippen molar-refractivity contribution in [2.75, 3.05) is 6.79 Å². The number of ether oxygens (including phenoxy) is 4. The van der Waals surface area contributed by atoms with Gasteiger partial charge in [0.1, 0.15) is 18.0 Å². The zero-order chi connectivity index (χ0) is 28.8. The third-order valence-corrected chi connectivity index (χ3v) is 6.62. The van der Waals surface area contributed by atoms with Gasteiger partial charge < -0.3 is 18.9 Å². The van der Waals surface area contributed by atoms with Crippen molar-refractivity contribution in [2.24, 2.45) is 4.99 Å². The van der Waals surface area contributed by atoms with Crippen LogP contribution < -0.4 is 14.2 Å². The fourth-order valence-corrected chi connectivity index (χ4v) is 4.76. The lowest BCUT2D eigenvalue weighted by Crippen LogP contribution is -2.33. The molecule has 5 rings (SSSR count). The lowest BCUT2D eigenvalue weighted by molar-refractivity contribution is -0.156. The van der Waals surface area contributed by atoms with Crippen molar-refractivity contribution in [3.8, 4) is 17.2 Å². The Hall–Kier alpha value is -4.58. The Bertz CT molecular complexity index is 1470. The first-order valence-corrected chi connectivity index (χ1v) is 13.8. The number of carbonyl (C=O) groups excluding carboxylic acids is 1. The van der Waals surface area contributed by atoms with Gasteiger partial charge in [-0.25, -0.2) is 4.79 Å². The van der Waals surface area contributed by atoms with Crippen molar-refractivity contribution >= 4 is 11.7 Å². The summed E-state index contributed by atoms with van der Waals surface area (Å²) >= 11 is 0. The van der Waals surface area contributed by atoms with Crippen LogP contribution in [0.1, 0.15) is 48.6 Å². The van der Waals surface area contributed by atoms with Gasteiger partial charge in [0.25, 0.3) is 0 Å². The molecular weight excluding hydrogens is 514 g/mol. The second kappa shape index (κ2) is 12.3. The Labute approximate surface area is 241 Å². The van der Waals surface area contributed by atoms with Crippen LogP contribution in [0.15, 0.2) is 102 Å². The van der Waals surface area contributed by atoms with E-state index in [2.05, 4.69) is 0 Å². The summed E-state index contributed by atoms with van der Waals surface area (Å²) in [5.41, 5.74) is 4.51. The van der Waals surface area contributed by atoms with Crippen molar-refractivity contribution in [1.82, 2.24) is 0 Å². The van der Waals surface area contributed by atoms with Gasteiger partial charge in [-0.05, 0) is 39.3 Å². The Morgan fingerprint density at radius 3 is 2.05 bits per heavy atom. The lowest BCUT2D eigenvalue weighted by atomic mass is 9.98. The van der Waals surface area contributed by atoms with Crippen molar-refractivity contribution in [1.29, 1.82) is 0 Å². The van der Waals surface area contributed by atoms with E-state index < -0.39 is 17.6 Å². The average molecular weight is 550 g/mol. The average Bonchev–Trinajstić information content (AvgIpc) is 3.44. The van der Waals surface area contributed by atoms with E-state index in [1.807, 2.05) is 125 Å². The molecule has 4 aromatic rings. The van der Waals surface area contributed by atoms with Crippen LogP contribution in [0.5, 0.6) is 17.2 Å². The van der Waals surface area contributed by atoms with Gasteiger partial charge in [0.2, 0.25) is 6.79 Å². The number of carbonyl (C=O) groups is 1. The molecule has 0 aromatic heterocycles. The van der Waals surface area contributed by atoms with Gasteiger partial charge in [-0.3, -0.25) is 4.99 Å². The van der Waals surface area contributed by atoms with Gasteiger partial charge >= 0.3 is 5.97 Å². The summed E-state index contributed by atoms with van der Waals surface area (Å²) in [4.78, 5) is 18.8. The second-order valence-electron chi connectivity index (χ2n) is 11.0. The van der Waals surface area contributed by atoms with E-state index >= 15 is 0 Å². The summed E-state index contributed by atoms with van der Waals surface area (Å²) in [7, 11) is 0. The van der Waals surface area contributed by atoms with Crippen LogP contribution in [0, 0.1) is 6.92 Å². The third kappa shape index (κ3) is 6.95. The standard InChI is InChI=1S/C35H35NO5/c1-24-32(38-22-25-14-8-5-9-15-25)28(21-30-33(24)40-23-39-30)20-29(34(37)41-35(2,3)4)36-31(26-16-10-6-11-17-26)27-18-12-7-13-19-27/h5-19,21,29H,20,22-23H2,1-4H3/t29-/m0/s1. The first-order chi connectivity index (χ1) is 19.8. The molecule has 0 bridgehead atoms. The highest BCUT2D eigenvalue weighted by Gasteiger charge is 2.30. The number of rotatable bonds is 9. The molecule has 1 atom stereocenters. The molecule has 1 aliphatic heterocycles. The highest BCUT2D eigenvalue weighted by atomic mass is 16.7. The molecule has 0 saturated carbocycles. The Balaban J connectivity index is 1.59. The highest BCUT2D eigenvalue weighted by molar-refractivity contribution is 6.13. The SMILES string of the molecule is Cc1c(OCc2ccccc2)c(C[C@H](N=C(c2ccccc2)c2ccccc2)C(=O)OC(C)(C)C)cc2c1OCO2. The van der Waals surface area contributed by atoms with Gasteiger partial charge in [-0.2, -0.15) is 0 Å². The summed E-state index contributed by atoms with van der Waals surface area (Å²) in [6.45, 7) is 8.04. The minimum atomic E-state index is -0.844. The van der Waals surface area contributed by atoms with E-state index in [1.165, 1.54) is 0 Å². The second-order valence-corrected chi connectivity index (χ2v) is 11.0. The maximum absolute atomic E-state index is 13.7. The largest absolute Gasteiger partial charge is 0.488 e. The molecule has 6 heteroatoms. The van der Waals surface area contributed by atoms with Crippen molar-refractivity contribution in [2.45, 2.75) is 52.4 Å². The molecule has 0 N–H and O–H groups in total. The van der Waals surface area contributed by atoms with Crippen molar-refractivity contribution in [3.05, 3.63) is 125 Å². The lowest BCUT2D eigenvalue weighted by Gasteiger charge is -2.24. The molecule has 1 aliphatic rings. The first kappa shape index (κ1) is 28.0. The Morgan fingerprint density at radius 1 is 0.878 bits per heavy atom. The number of hydrogen-bond acceptors (Lipinski definition) is 6. The monoisotopic (exact) mass is 549 g/mol. The van der Waals surface area contributed by atoms with E-state index in [1.54, 1.807) is 0 Å². The third-order valence-electron chi connectivity index (χ3n) is 6.62. The Morgan fingerprint density at radius 2 is 1.46 bits per heavy atom. The summed E-state index contributed by atoms with van der Waals surface area (Å²) in [5, 5.41) is 0. The first-order valence-electron chi connectivity index (χ1n) is 13.8. The van der Waals surface area contributed by atoms with Crippen LogP contribution >= 0.6 is 0 Å². The zero-order valence-electron chi connectivity index (χ0n) is 23.9. The normalized spacial score (nSPS) is 12.9. The molecule has 0 saturated heterocycles. The van der Waals surface area contributed by atoms with Gasteiger partial charge in [0.05, 0.1) is 5.71 Å². The number of aliphatic imine (C=N–C) groups is 1. The fourth-order valence-electron chi connectivity index (χ4n) is 4.76. The molecule has 6 nitrogen and oxygen atoms in total. The smallest absolute Gasteiger partial charge is 0.331 e. The number of nitrogens with zero attached hydrogens (tertiary/aromatic N) is 1. The molecule has 0 spiro atoms. The van der Waals surface area contributed by atoms with E-state index in [4.69, 9.17) is 23.9 Å². The maximum Gasteiger partial charge on any atom is 0.331 e. The summed E-state index contributed by atoms with van der Waals surface area (Å²) in [6.07, 6.45) is 0.250. The number of esters is 1. The van der Waals surface area contributed by atoms with Gasteiger partial charge in [0.15, 0.2) is 17.5 Å². The molecule has 0 radical (unpaired) electrons. The molecule has 1 heterocycles. The number of fused-ring (bicyclic) bond motifs is 1. The molecule has 210 valence electrons. The van der Waals surface area contributed by atoms with Gasteiger partial charge in [0, 0.05) is 28.7 Å². The topological polar surface area (TPSA) is 66.4 Å². The van der Waals surface area contributed by atoms with Crippen LogP contribution in [0.3, 0.4) is 0 Å². The number of benzene rings is 4. The molecular formula is C35H35NO5. The highest BCUT2D eigenvalue weighted by Crippen LogP contribution is 2.43. The van der Waals surface area contributed by atoms with Crippen molar-refractivity contribution < 1.29 is 23.7 Å². The van der Waals surface area contributed by atoms with E-state index in [9.17, 15) is 4.79 Å². The molecule has 0 unspecified atom stereocenters. The maximum atomic E-state index is 13.7. The van der Waals surface area contributed by atoms with Crippen LogP contribution in [-0.2, 0) is 22.6 Å². The zero-order valence-corrected chi connectivity index (χ0v) is 23.9. The quantitative estimate of drug-likeness (QED) is 0.165. The van der Waals surface area contributed by atoms with E-state index in [-0.39, 0.29) is 13.2 Å². The molecule has 4 aromatic carbocycles. The van der Waals surface area contributed by atoms with Crippen LogP contribution in [0.4, 0.5) is 0 Å². The minimum Gasteiger partial charge on any atom is -0.488 e. The molecule has 0 amide bonds. The fraction of sp³-hybridized carbons (Fsp3) is 0.257. The molecule has 0 aliphatic carbocycles. The van der Waals surface area contributed by atoms with Crippen LogP contribution in [0.2, 0.25) is 0 Å². The predicted octanol–water partition coefficient (Wildman–Crippen LogP) is 7.09. The van der Waals surface area contributed by atoms with E-state index in [0.29, 0.717) is 29.6 Å². The minimum absolute atomic E-state index is 0.136. The van der Waals surface area contributed by atoms with E-state index in [0.717, 1.165) is 27.8 Å². The van der Waals surface area contributed by atoms with Crippen LogP contribution in [-0.4, -0.2) is 30.1 Å². The number of hydrogen-bond donors (Lipinski definition) is 0. The molecule has 0 fully saturated rings. The van der Waals surface area contributed by atoms with Crippen LogP contribution in [0.25, 0.3) is 0 Å². The Kier molecular flexibility index (Phi) is 8.39.